The van der Waals surface area contributed by atoms with E-state index in [9.17, 15) is 9.90 Å². The molecule has 0 saturated carbocycles. The highest BCUT2D eigenvalue weighted by molar-refractivity contribution is 6.01. The van der Waals surface area contributed by atoms with Gasteiger partial charge in [-0.3, -0.25) is 4.79 Å². The van der Waals surface area contributed by atoms with Crippen LogP contribution in [-0.4, -0.2) is 11.0 Å². The summed E-state index contributed by atoms with van der Waals surface area (Å²) in [4.78, 5) is 12.1. The van der Waals surface area contributed by atoms with Crippen LogP contribution in [0.4, 0.5) is 0 Å². The van der Waals surface area contributed by atoms with Crippen LogP contribution in [0.25, 0.3) is 10.8 Å². The van der Waals surface area contributed by atoms with Gasteiger partial charge in [-0.1, -0.05) is 60.7 Å². The maximum absolute atomic E-state index is 12.1. The second kappa shape index (κ2) is 4.17. The van der Waals surface area contributed by atoms with Gasteiger partial charge in [0, 0.05) is 16.7 Å². The smallest absolute Gasteiger partial charge is 0.254 e. The van der Waals surface area contributed by atoms with Crippen LogP contribution in [0.1, 0.15) is 21.5 Å². The van der Waals surface area contributed by atoms with Gasteiger partial charge in [-0.05, 0) is 16.8 Å². The van der Waals surface area contributed by atoms with E-state index in [2.05, 4.69) is 5.32 Å². The molecular weight excluding hydrogens is 262 g/mol. The molecule has 0 bridgehead atoms. The van der Waals surface area contributed by atoms with Crippen molar-refractivity contribution in [3.05, 3.63) is 83.4 Å². The molecule has 21 heavy (non-hydrogen) atoms. The Balaban J connectivity index is 2.03. The number of aliphatic hydroxyl groups is 1. The molecule has 1 heterocycles. The minimum atomic E-state index is -1.48. The minimum Gasteiger partial charge on any atom is -0.363 e. The average molecular weight is 275 g/mol. The number of nitrogens with one attached hydrogen (secondary N) is 1. The number of fused-ring (bicyclic) bond motifs is 2. The second-order valence-corrected chi connectivity index (χ2v) is 5.24. The van der Waals surface area contributed by atoms with Crippen molar-refractivity contribution in [1.82, 2.24) is 5.32 Å². The molecule has 2 N–H and O–H groups in total. The van der Waals surface area contributed by atoms with E-state index in [0.29, 0.717) is 16.7 Å². The number of hydrogen-bond acceptors (Lipinski definition) is 2. The third kappa shape index (κ3) is 1.61. The summed E-state index contributed by atoms with van der Waals surface area (Å²) in [6.45, 7) is 0. The van der Waals surface area contributed by atoms with Crippen molar-refractivity contribution < 1.29 is 9.90 Å². The third-order valence-electron chi connectivity index (χ3n) is 4.04. The van der Waals surface area contributed by atoms with Crippen LogP contribution in [0.3, 0.4) is 0 Å². The summed E-state index contributed by atoms with van der Waals surface area (Å²) in [7, 11) is 0. The Hall–Kier alpha value is -2.65. The van der Waals surface area contributed by atoms with Gasteiger partial charge < -0.3 is 10.4 Å². The molecule has 3 nitrogen and oxygen atoms in total. The van der Waals surface area contributed by atoms with Crippen molar-refractivity contribution in [3.8, 4) is 0 Å². The second-order valence-electron chi connectivity index (χ2n) is 5.24. The number of amides is 1. The van der Waals surface area contributed by atoms with Crippen molar-refractivity contribution >= 4 is 16.7 Å². The normalized spacial score (nSPS) is 20.3. The predicted molar refractivity (Wildman–Crippen MR) is 80.9 cm³/mol. The molecule has 0 aliphatic carbocycles. The highest BCUT2D eigenvalue weighted by atomic mass is 16.3. The molecule has 1 aliphatic rings. The molecule has 0 saturated heterocycles. The molecule has 1 aliphatic heterocycles. The molecule has 102 valence electrons. The molecule has 1 unspecified atom stereocenters. The Labute approximate surface area is 121 Å². The fourth-order valence-electron chi connectivity index (χ4n) is 3.05. The van der Waals surface area contributed by atoms with Gasteiger partial charge >= 0.3 is 0 Å². The molecule has 1 amide bonds. The Kier molecular flexibility index (Phi) is 2.41. The van der Waals surface area contributed by atoms with Crippen LogP contribution in [0.2, 0.25) is 0 Å². The fraction of sp³-hybridized carbons (Fsp3) is 0.0556. The summed E-state index contributed by atoms with van der Waals surface area (Å²) in [5.41, 5.74) is 0.340. The van der Waals surface area contributed by atoms with Crippen molar-refractivity contribution in [2.75, 3.05) is 0 Å². The zero-order valence-electron chi connectivity index (χ0n) is 11.2. The molecule has 0 aromatic heterocycles. The summed E-state index contributed by atoms with van der Waals surface area (Å²) in [5, 5.41) is 15.8. The van der Waals surface area contributed by atoms with Gasteiger partial charge in [0.1, 0.15) is 0 Å². The van der Waals surface area contributed by atoms with E-state index >= 15 is 0 Å². The average Bonchev–Trinajstić information content (AvgIpc) is 2.80. The first-order valence-electron chi connectivity index (χ1n) is 6.83. The van der Waals surface area contributed by atoms with Crippen molar-refractivity contribution in [1.29, 1.82) is 0 Å². The quantitative estimate of drug-likeness (QED) is 0.717. The number of benzene rings is 3. The number of hydrogen-bond donors (Lipinski definition) is 2. The van der Waals surface area contributed by atoms with Gasteiger partial charge in [0.25, 0.3) is 5.91 Å². The molecule has 3 aromatic carbocycles. The first kappa shape index (κ1) is 12.1. The number of carbonyl (C=O) groups is 1. The van der Waals surface area contributed by atoms with Crippen LogP contribution in [0.5, 0.6) is 0 Å². The van der Waals surface area contributed by atoms with Gasteiger partial charge in [0.15, 0.2) is 5.72 Å². The van der Waals surface area contributed by atoms with Crippen molar-refractivity contribution in [2.24, 2.45) is 0 Å². The Bertz CT molecular complexity index is 866. The molecule has 1 atom stereocenters. The van der Waals surface area contributed by atoms with E-state index in [4.69, 9.17) is 0 Å². The lowest BCUT2D eigenvalue weighted by atomic mass is 9.90. The van der Waals surface area contributed by atoms with Crippen molar-refractivity contribution in [2.45, 2.75) is 5.72 Å². The summed E-state index contributed by atoms with van der Waals surface area (Å²) >= 11 is 0. The molecule has 3 aromatic rings. The predicted octanol–water partition coefficient (Wildman–Crippen LogP) is 2.78. The summed E-state index contributed by atoms with van der Waals surface area (Å²) in [6.07, 6.45) is 0. The lowest BCUT2D eigenvalue weighted by Gasteiger charge is -2.26. The molecular formula is C18H13NO2. The SMILES string of the molecule is O=C1NC(O)(c2cccc3ccccc23)c2ccccc21. The van der Waals surface area contributed by atoms with E-state index in [1.54, 1.807) is 18.2 Å². The molecule has 3 heteroatoms. The summed E-state index contributed by atoms with van der Waals surface area (Å²) in [6, 6.07) is 20.7. The maximum atomic E-state index is 12.1. The summed E-state index contributed by atoms with van der Waals surface area (Å²) < 4.78 is 0. The monoisotopic (exact) mass is 275 g/mol. The first-order chi connectivity index (χ1) is 10.2. The van der Waals surface area contributed by atoms with E-state index in [1.807, 2.05) is 48.5 Å². The standard InChI is InChI=1S/C18H13NO2/c20-17-14-9-3-4-10-16(14)18(21,19-17)15-11-5-7-12-6-1-2-8-13(12)15/h1-11,21H,(H,19,20). The van der Waals surface area contributed by atoms with Gasteiger partial charge in [-0.2, -0.15) is 0 Å². The summed E-state index contributed by atoms with van der Waals surface area (Å²) in [5.74, 6) is -0.249. The Morgan fingerprint density at radius 2 is 1.48 bits per heavy atom. The number of rotatable bonds is 1. The number of carbonyl (C=O) groups excluding carboxylic acids is 1. The van der Waals surface area contributed by atoms with Crippen LogP contribution in [-0.2, 0) is 5.72 Å². The minimum absolute atomic E-state index is 0.249. The lowest BCUT2D eigenvalue weighted by Crippen LogP contribution is -2.40. The molecule has 0 spiro atoms. The highest BCUT2D eigenvalue weighted by Crippen LogP contribution is 2.37. The highest BCUT2D eigenvalue weighted by Gasteiger charge is 2.43. The molecule has 0 radical (unpaired) electrons. The van der Waals surface area contributed by atoms with Crippen LogP contribution in [0.15, 0.2) is 66.7 Å². The Morgan fingerprint density at radius 1 is 0.810 bits per heavy atom. The van der Waals surface area contributed by atoms with Crippen LogP contribution < -0.4 is 5.32 Å². The van der Waals surface area contributed by atoms with Crippen LogP contribution >= 0.6 is 0 Å². The fourth-order valence-corrected chi connectivity index (χ4v) is 3.05. The zero-order valence-corrected chi connectivity index (χ0v) is 11.2. The Morgan fingerprint density at radius 3 is 2.38 bits per heavy atom. The van der Waals surface area contributed by atoms with Gasteiger partial charge in [0.05, 0.1) is 0 Å². The lowest BCUT2D eigenvalue weighted by molar-refractivity contribution is 0.0486. The molecule has 0 fully saturated rings. The van der Waals surface area contributed by atoms with E-state index in [1.165, 1.54) is 0 Å². The van der Waals surface area contributed by atoms with E-state index < -0.39 is 5.72 Å². The topological polar surface area (TPSA) is 49.3 Å². The van der Waals surface area contributed by atoms with Gasteiger partial charge in [-0.25, -0.2) is 0 Å². The van der Waals surface area contributed by atoms with E-state index in [0.717, 1.165) is 10.8 Å². The largest absolute Gasteiger partial charge is 0.363 e. The zero-order chi connectivity index (χ0) is 14.4. The van der Waals surface area contributed by atoms with Gasteiger partial charge in [0.2, 0.25) is 0 Å². The van der Waals surface area contributed by atoms with E-state index in [-0.39, 0.29) is 5.91 Å². The van der Waals surface area contributed by atoms with Gasteiger partial charge in [-0.15, -0.1) is 0 Å². The van der Waals surface area contributed by atoms with Crippen molar-refractivity contribution in [3.63, 3.8) is 0 Å². The molecule has 4 rings (SSSR count). The third-order valence-corrected chi connectivity index (χ3v) is 4.04. The first-order valence-corrected chi connectivity index (χ1v) is 6.83. The van der Waals surface area contributed by atoms with Crippen LogP contribution in [0, 0.1) is 0 Å². The maximum Gasteiger partial charge on any atom is 0.254 e.